The van der Waals surface area contributed by atoms with E-state index in [1.54, 1.807) is 31.2 Å². The molecule has 5 N–H and O–H groups in total. The van der Waals surface area contributed by atoms with Crippen LogP contribution in [0.5, 0.6) is 5.88 Å². The second-order valence-corrected chi connectivity index (χ2v) is 4.79. The summed E-state index contributed by atoms with van der Waals surface area (Å²) in [6, 6.07) is 8.47. The number of carbonyl (C=O) groups excluding carboxylic acids is 1. The van der Waals surface area contributed by atoms with Crippen LogP contribution >= 0.6 is 0 Å². The normalized spacial score (nSPS) is 13.6. The van der Waals surface area contributed by atoms with Crippen LogP contribution in [0.3, 0.4) is 0 Å². The quantitative estimate of drug-likeness (QED) is 0.540. The number of aromatic hydroxyl groups is 1. The Kier molecular flexibility index (Phi) is 4.44. The number of benzene rings is 1. The molecule has 0 saturated heterocycles. The van der Waals surface area contributed by atoms with Gasteiger partial charge < -0.3 is 20.5 Å². The van der Waals surface area contributed by atoms with Gasteiger partial charge in [0.05, 0.1) is 24.3 Å². The van der Waals surface area contributed by atoms with Gasteiger partial charge in [0, 0.05) is 0 Å². The number of hydrogen-bond acceptors (Lipinski definition) is 4. The van der Waals surface area contributed by atoms with Crippen molar-refractivity contribution in [3.63, 3.8) is 0 Å². The maximum absolute atomic E-state index is 11.9. The smallest absolute Gasteiger partial charge is 0.325 e. The van der Waals surface area contributed by atoms with E-state index in [4.69, 9.17) is 0 Å². The molecular formula is C14H17N3O4. The molecule has 21 heavy (non-hydrogen) atoms. The van der Waals surface area contributed by atoms with Crippen molar-refractivity contribution >= 4 is 5.91 Å². The van der Waals surface area contributed by atoms with Crippen molar-refractivity contribution in [2.45, 2.75) is 25.5 Å². The van der Waals surface area contributed by atoms with Gasteiger partial charge in [0.2, 0.25) is 11.8 Å². The molecule has 7 heteroatoms. The van der Waals surface area contributed by atoms with Crippen molar-refractivity contribution in [2.75, 3.05) is 0 Å². The third-order valence-corrected chi connectivity index (χ3v) is 3.12. The molecule has 112 valence electrons. The van der Waals surface area contributed by atoms with E-state index in [0.29, 0.717) is 5.56 Å². The molecule has 1 aromatic heterocycles. The van der Waals surface area contributed by atoms with E-state index >= 15 is 0 Å². The molecule has 2 rings (SSSR count). The molecular weight excluding hydrogens is 274 g/mol. The maximum Gasteiger partial charge on any atom is 0.325 e. The first-order chi connectivity index (χ1) is 9.97. The first-order valence-corrected chi connectivity index (χ1v) is 6.50. The highest BCUT2D eigenvalue weighted by Crippen LogP contribution is 2.16. The fraction of sp³-hybridized carbons (Fsp3) is 0.286. The SMILES string of the molecule is CC(NC(=O)Cc1[nH]c(=O)[nH]c1O)C(O)c1ccccc1. The molecule has 0 radical (unpaired) electrons. The summed E-state index contributed by atoms with van der Waals surface area (Å²) in [6.45, 7) is 1.68. The summed E-state index contributed by atoms with van der Waals surface area (Å²) in [5.74, 6) is -0.769. The van der Waals surface area contributed by atoms with E-state index in [-0.39, 0.29) is 18.0 Å². The monoisotopic (exact) mass is 291 g/mol. The van der Waals surface area contributed by atoms with Gasteiger partial charge in [-0.1, -0.05) is 30.3 Å². The molecule has 2 unspecified atom stereocenters. The molecule has 0 aliphatic carbocycles. The first-order valence-electron chi connectivity index (χ1n) is 6.50. The summed E-state index contributed by atoms with van der Waals surface area (Å²) in [5.41, 5.74) is 0.231. The minimum Gasteiger partial charge on any atom is -0.493 e. The van der Waals surface area contributed by atoms with Gasteiger partial charge in [-0.2, -0.15) is 0 Å². The molecule has 0 fully saturated rings. The maximum atomic E-state index is 11.9. The van der Waals surface area contributed by atoms with Crippen LogP contribution in [0.4, 0.5) is 0 Å². The molecule has 0 bridgehead atoms. The van der Waals surface area contributed by atoms with Gasteiger partial charge in [0.15, 0.2) is 0 Å². The van der Waals surface area contributed by atoms with Crippen molar-refractivity contribution in [3.8, 4) is 5.88 Å². The Morgan fingerprint density at radius 3 is 2.52 bits per heavy atom. The molecule has 1 aromatic carbocycles. The van der Waals surface area contributed by atoms with Gasteiger partial charge in [-0.3, -0.25) is 9.78 Å². The zero-order valence-electron chi connectivity index (χ0n) is 11.5. The minimum atomic E-state index is -0.839. The lowest BCUT2D eigenvalue weighted by atomic mass is 10.0. The Labute approximate surface area is 120 Å². The van der Waals surface area contributed by atoms with Crippen LogP contribution in [0.15, 0.2) is 35.1 Å². The fourth-order valence-corrected chi connectivity index (χ4v) is 2.02. The number of H-pyrrole nitrogens is 2. The number of imidazole rings is 1. The average Bonchev–Trinajstić information content (AvgIpc) is 2.76. The van der Waals surface area contributed by atoms with Gasteiger partial charge in [-0.05, 0) is 12.5 Å². The highest BCUT2D eigenvalue weighted by atomic mass is 16.3. The van der Waals surface area contributed by atoms with Gasteiger partial charge in [-0.15, -0.1) is 0 Å². The number of hydrogen-bond donors (Lipinski definition) is 5. The minimum absolute atomic E-state index is 0.110. The molecule has 0 spiro atoms. The summed E-state index contributed by atoms with van der Waals surface area (Å²) in [5, 5.41) is 22.1. The number of nitrogens with one attached hydrogen (secondary N) is 3. The third kappa shape index (κ3) is 3.73. The lowest BCUT2D eigenvalue weighted by Gasteiger charge is -2.20. The summed E-state index contributed by atoms with van der Waals surface area (Å²) in [7, 11) is 0. The zero-order valence-corrected chi connectivity index (χ0v) is 11.5. The number of carbonyl (C=O) groups is 1. The van der Waals surface area contributed by atoms with Crippen LogP contribution in [0, 0.1) is 0 Å². The number of amides is 1. The molecule has 0 aliphatic heterocycles. The average molecular weight is 291 g/mol. The molecule has 0 saturated carbocycles. The van der Waals surface area contributed by atoms with E-state index < -0.39 is 23.7 Å². The van der Waals surface area contributed by atoms with Gasteiger partial charge in [0.25, 0.3) is 0 Å². The molecule has 2 atom stereocenters. The number of aliphatic hydroxyl groups excluding tert-OH is 1. The number of rotatable bonds is 5. The second kappa shape index (κ2) is 6.27. The van der Waals surface area contributed by atoms with Gasteiger partial charge in [-0.25, -0.2) is 4.79 Å². The Balaban J connectivity index is 1.96. The topological polar surface area (TPSA) is 118 Å². The molecule has 0 aliphatic rings. The second-order valence-electron chi connectivity index (χ2n) is 4.79. The Morgan fingerprint density at radius 2 is 1.95 bits per heavy atom. The predicted molar refractivity (Wildman–Crippen MR) is 75.8 cm³/mol. The van der Waals surface area contributed by atoms with E-state index in [9.17, 15) is 19.8 Å². The zero-order chi connectivity index (χ0) is 15.4. The highest BCUT2D eigenvalue weighted by Gasteiger charge is 2.19. The first kappa shape index (κ1) is 14.9. The van der Waals surface area contributed by atoms with Crippen molar-refractivity contribution in [3.05, 3.63) is 52.1 Å². The standard InChI is InChI=1S/C14H17N3O4/c1-8(12(19)9-5-3-2-4-6-9)15-11(18)7-10-13(20)17-14(21)16-10/h2-6,8,12,19-20H,7H2,1H3,(H,15,18)(H2,16,17,21). The van der Waals surface area contributed by atoms with E-state index in [1.807, 2.05) is 6.07 Å². The van der Waals surface area contributed by atoms with Crippen LogP contribution in [0.1, 0.15) is 24.3 Å². The molecule has 1 amide bonds. The van der Waals surface area contributed by atoms with Gasteiger partial charge in [0.1, 0.15) is 0 Å². The van der Waals surface area contributed by atoms with E-state index in [2.05, 4.69) is 15.3 Å². The Bertz CT molecular complexity index is 662. The van der Waals surface area contributed by atoms with Crippen LogP contribution in [0.25, 0.3) is 0 Å². The van der Waals surface area contributed by atoms with E-state index in [1.165, 1.54) is 0 Å². The summed E-state index contributed by atoms with van der Waals surface area (Å²) >= 11 is 0. The number of aliphatic hydroxyl groups is 1. The number of aromatic amines is 2. The summed E-state index contributed by atoms with van der Waals surface area (Å²) < 4.78 is 0. The highest BCUT2D eigenvalue weighted by molar-refractivity contribution is 5.78. The fourth-order valence-electron chi connectivity index (χ4n) is 2.02. The third-order valence-electron chi connectivity index (χ3n) is 3.12. The lowest BCUT2D eigenvalue weighted by Crippen LogP contribution is -2.38. The van der Waals surface area contributed by atoms with Crippen molar-refractivity contribution in [1.82, 2.24) is 15.3 Å². The predicted octanol–water partition coefficient (Wildman–Crippen LogP) is 0.189. The molecule has 1 heterocycles. The van der Waals surface area contributed by atoms with Crippen LogP contribution in [-0.2, 0) is 11.2 Å². The summed E-state index contributed by atoms with van der Waals surface area (Å²) in [6.07, 6.45) is -1.02. The van der Waals surface area contributed by atoms with Crippen molar-refractivity contribution < 1.29 is 15.0 Å². The largest absolute Gasteiger partial charge is 0.493 e. The lowest BCUT2D eigenvalue weighted by molar-refractivity contribution is -0.121. The van der Waals surface area contributed by atoms with Crippen LogP contribution in [-0.4, -0.2) is 32.1 Å². The van der Waals surface area contributed by atoms with Crippen molar-refractivity contribution in [1.29, 1.82) is 0 Å². The number of aromatic nitrogens is 2. The van der Waals surface area contributed by atoms with Gasteiger partial charge >= 0.3 is 5.69 Å². The Hall–Kier alpha value is -2.54. The van der Waals surface area contributed by atoms with Crippen LogP contribution < -0.4 is 11.0 Å². The summed E-state index contributed by atoms with van der Waals surface area (Å²) in [4.78, 5) is 27.3. The molecule has 7 nitrogen and oxygen atoms in total. The van der Waals surface area contributed by atoms with E-state index in [0.717, 1.165) is 0 Å². The Morgan fingerprint density at radius 1 is 1.29 bits per heavy atom. The molecule has 2 aromatic rings. The van der Waals surface area contributed by atoms with Crippen molar-refractivity contribution in [2.24, 2.45) is 0 Å². The van der Waals surface area contributed by atoms with Crippen LogP contribution in [0.2, 0.25) is 0 Å².